The Balaban J connectivity index is 2.94. The number of hydrogen-bond acceptors (Lipinski definition) is 2. The van der Waals surface area contributed by atoms with Gasteiger partial charge in [-0.2, -0.15) is 13.2 Å². The Morgan fingerprint density at radius 2 is 1.65 bits per heavy atom. The van der Waals surface area contributed by atoms with Crippen molar-refractivity contribution in [2.24, 2.45) is 5.92 Å². The van der Waals surface area contributed by atoms with E-state index >= 15 is 0 Å². The monoisotopic (exact) mass is 266 g/mol. The molecular weight excluding hydrogens is 253 g/mol. The van der Waals surface area contributed by atoms with E-state index in [2.05, 4.69) is 0 Å². The number of aryl methyl sites for hydroxylation is 1. The molecule has 0 bridgehead atoms. The van der Waals surface area contributed by atoms with Crippen molar-refractivity contribution in [2.75, 3.05) is 5.75 Å². The van der Waals surface area contributed by atoms with Crippen LogP contribution in [0, 0.1) is 12.8 Å². The molecule has 1 aromatic rings. The second kappa shape index (κ2) is 4.68. The van der Waals surface area contributed by atoms with Crippen LogP contribution in [0.5, 0.6) is 0 Å². The van der Waals surface area contributed by atoms with Crippen molar-refractivity contribution in [1.82, 2.24) is 0 Å². The Morgan fingerprint density at radius 1 is 1.18 bits per heavy atom. The first-order valence-corrected chi connectivity index (χ1v) is 6.64. The molecule has 0 aromatic heterocycles. The third-order valence-electron chi connectivity index (χ3n) is 2.41. The summed E-state index contributed by atoms with van der Waals surface area (Å²) in [5, 5.41) is 0. The molecule has 1 rings (SSSR count). The third-order valence-corrected chi connectivity index (χ3v) is 4.34. The van der Waals surface area contributed by atoms with Crippen molar-refractivity contribution in [1.29, 1.82) is 0 Å². The van der Waals surface area contributed by atoms with E-state index in [1.165, 1.54) is 12.1 Å². The summed E-state index contributed by atoms with van der Waals surface area (Å²) in [5.74, 6) is -2.78. The van der Waals surface area contributed by atoms with Gasteiger partial charge in [-0.1, -0.05) is 24.6 Å². The van der Waals surface area contributed by atoms with Crippen LogP contribution >= 0.6 is 0 Å². The van der Waals surface area contributed by atoms with Gasteiger partial charge in [-0.25, -0.2) is 8.42 Å². The number of rotatable bonds is 3. The van der Waals surface area contributed by atoms with Crippen LogP contribution in [-0.2, 0) is 9.84 Å². The molecule has 1 unspecified atom stereocenters. The van der Waals surface area contributed by atoms with Gasteiger partial charge < -0.3 is 0 Å². The van der Waals surface area contributed by atoms with Crippen LogP contribution in [0.1, 0.15) is 12.5 Å². The minimum atomic E-state index is -4.49. The lowest BCUT2D eigenvalue weighted by atomic mass is 10.2. The van der Waals surface area contributed by atoms with Gasteiger partial charge in [0.1, 0.15) is 0 Å². The maximum atomic E-state index is 12.3. The lowest BCUT2D eigenvalue weighted by Gasteiger charge is -2.15. The van der Waals surface area contributed by atoms with Crippen LogP contribution in [-0.4, -0.2) is 20.3 Å². The van der Waals surface area contributed by atoms with Gasteiger partial charge in [-0.05, 0) is 19.1 Å². The molecule has 0 saturated heterocycles. The smallest absolute Gasteiger partial charge is 0.224 e. The minimum Gasteiger partial charge on any atom is -0.224 e. The standard InChI is InChI=1S/C11H13F3O2S/c1-8-3-5-10(6-4-8)17(15,16)7-9(2)11(12,13)14/h3-6,9H,7H2,1-2H3. The average Bonchev–Trinajstić information content (AvgIpc) is 2.16. The van der Waals surface area contributed by atoms with Crippen molar-refractivity contribution >= 4 is 9.84 Å². The Bertz CT molecular complexity index is 474. The van der Waals surface area contributed by atoms with E-state index in [0.29, 0.717) is 0 Å². The average molecular weight is 266 g/mol. The fourth-order valence-corrected chi connectivity index (χ4v) is 2.86. The topological polar surface area (TPSA) is 34.1 Å². The molecule has 0 amide bonds. The molecule has 0 radical (unpaired) electrons. The number of halogens is 3. The lowest BCUT2D eigenvalue weighted by Crippen LogP contribution is -2.27. The highest BCUT2D eigenvalue weighted by Crippen LogP contribution is 2.28. The predicted molar refractivity (Wildman–Crippen MR) is 58.5 cm³/mol. The summed E-state index contributed by atoms with van der Waals surface area (Å²) >= 11 is 0. The SMILES string of the molecule is Cc1ccc(S(=O)(=O)CC(C)C(F)(F)F)cc1. The summed E-state index contributed by atoms with van der Waals surface area (Å²) in [6.45, 7) is 2.64. The molecule has 1 atom stereocenters. The lowest BCUT2D eigenvalue weighted by molar-refractivity contribution is -0.163. The number of benzene rings is 1. The normalized spacial score (nSPS) is 14.6. The minimum absolute atomic E-state index is 0.0702. The fourth-order valence-electron chi connectivity index (χ4n) is 1.27. The molecule has 0 aliphatic carbocycles. The maximum Gasteiger partial charge on any atom is 0.392 e. The highest BCUT2D eigenvalue weighted by molar-refractivity contribution is 7.91. The third kappa shape index (κ3) is 3.73. The zero-order valence-corrected chi connectivity index (χ0v) is 10.3. The summed E-state index contributed by atoms with van der Waals surface area (Å²) in [7, 11) is -3.88. The number of alkyl halides is 3. The summed E-state index contributed by atoms with van der Waals surface area (Å²) < 4.78 is 60.3. The van der Waals surface area contributed by atoms with Gasteiger partial charge >= 0.3 is 6.18 Å². The Hall–Kier alpha value is -1.04. The van der Waals surface area contributed by atoms with Gasteiger partial charge in [0.2, 0.25) is 0 Å². The van der Waals surface area contributed by atoms with Crippen LogP contribution < -0.4 is 0 Å². The summed E-state index contributed by atoms with van der Waals surface area (Å²) in [6, 6.07) is 5.78. The largest absolute Gasteiger partial charge is 0.392 e. The predicted octanol–water partition coefficient (Wildman–Crippen LogP) is 2.97. The summed E-state index contributed by atoms with van der Waals surface area (Å²) in [6.07, 6.45) is -4.49. The molecule has 0 aliphatic rings. The van der Waals surface area contributed by atoms with Gasteiger partial charge in [0.15, 0.2) is 9.84 Å². The maximum absolute atomic E-state index is 12.3. The van der Waals surface area contributed by atoms with Gasteiger partial charge in [0.05, 0.1) is 16.6 Å². The van der Waals surface area contributed by atoms with E-state index in [1.54, 1.807) is 19.1 Å². The van der Waals surface area contributed by atoms with Gasteiger partial charge in [0, 0.05) is 0 Å². The van der Waals surface area contributed by atoms with Crippen molar-refractivity contribution in [3.05, 3.63) is 29.8 Å². The van der Waals surface area contributed by atoms with Crippen LogP contribution in [0.3, 0.4) is 0 Å². The molecule has 0 fully saturated rings. The first-order chi connectivity index (χ1) is 7.63. The molecule has 0 saturated carbocycles. The van der Waals surface area contributed by atoms with Gasteiger partial charge in [-0.15, -0.1) is 0 Å². The van der Waals surface area contributed by atoms with Crippen molar-refractivity contribution in [3.8, 4) is 0 Å². The van der Waals surface area contributed by atoms with E-state index in [1.807, 2.05) is 0 Å². The zero-order chi connectivity index (χ0) is 13.3. The molecular formula is C11H13F3O2S. The quantitative estimate of drug-likeness (QED) is 0.843. The molecule has 2 nitrogen and oxygen atoms in total. The molecule has 0 N–H and O–H groups in total. The number of hydrogen-bond donors (Lipinski definition) is 0. The Labute approximate surface area is 98.4 Å². The molecule has 1 aromatic carbocycles. The van der Waals surface area contributed by atoms with E-state index < -0.39 is 27.7 Å². The second-order valence-corrected chi connectivity index (χ2v) is 6.07. The molecule has 96 valence electrons. The van der Waals surface area contributed by atoms with E-state index in [4.69, 9.17) is 0 Å². The fraction of sp³-hybridized carbons (Fsp3) is 0.455. The molecule has 0 aliphatic heterocycles. The summed E-state index contributed by atoms with van der Waals surface area (Å²) in [5.41, 5.74) is 0.854. The first-order valence-electron chi connectivity index (χ1n) is 4.99. The van der Waals surface area contributed by atoms with Gasteiger partial charge in [0.25, 0.3) is 0 Å². The van der Waals surface area contributed by atoms with Crippen molar-refractivity contribution < 1.29 is 21.6 Å². The van der Waals surface area contributed by atoms with Crippen molar-refractivity contribution in [3.63, 3.8) is 0 Å². The van der Waals surface area contributed by atoms with E-state index in [0.717, 1.165) is 12.5 Å². The van der Waals surface area contributed by atoms with E-state index in [9.17, 15) is 21.6 Å². The molecule has 17 heavy (non-hydrogen) atoms. The summed E-state index contributed by atoms with van der Waals surface area (Å²) in [4.78, 5) is -0.0702. The van der Waals surface area contributed by atoms with Gasteiger partial charge in [-0.3, -0.25) is 0 Å². The van der Waals surface area contributed by atoms with Crippen molar-refractivity contribution in [2.45, 2.75) is 24.9 Å². The zero-order valence-electron chi connectivity index (χ0n) is 9.45. The highest BCUT2D eigenvalue weighted by Gasteiger charge is 2.39. The molecule has 0 heterocycles. The number of sulfone groups is 1. The molecule has 6 heteroatoms. The van der Waals surface area contributed by atoms with Crippen LogP contribution in [0.15, 0.2) is 29.2 Å². The highest BCUT2D eigenvalue weighted by atomic mass is 32.2. The Kier molecular flexibility index (Phi) is 3.86. The molecule has 0 spiro atoms. The van der Waals surface area contributed by atoms with Crippen LogP contribution in [0.25, 0.3) is 0 Å². The van der Waals surface area contributed by atoms with E-state index in [-0.39, 0.29) is 4.90 Å². The van der Waals surface area contributed by atoms with Crippen LogP contribution in [0.4, 0.5) is 13.2 Å². The van der Waals surface area contributed by atoms with Crippen LogP contribution in [0.2, 0.25) is 0 Å². The first kappa shape index (κ1) is 14.0. The second-order valence-electron chi connectivity index (χ2n) is 4.04. The Morgan fingerprint density at radius 3 is 2.06 bits per heavy atom.